The molecule has 106 valence electrons. The van der Waals surface area contributed by atoms with Gasteiger partial charge in [-0.2, -0.15) is 0 Å². The maximum atomic E-state index is 5.80. The molecule has 0 aromatic heterocycles. The molecule has 0 aliphatic carbocycles. The van der Waals surface area contributed by atoms with E-state index in [9.17, 15) is 0 Å². The molecule has 0 saturated carbocycles. The third-order valence-corrected chi connectivity index (χ3v) is 4.36. The van der Waals surface area contributed by atoms with Crippen molar-refractivity contribution in [1.29, 1.82) is 0 Å². The SMILES string of the molecule is CN1CCC(C(C)(C)CNCc2cccc(N)c2)C1. The fourth-order valence-electron chi connectivity index (χ4n) is 2.95. The number of likely N-dealkylation sites (tertiary alicyclic amines) is 1. The highest BCUT2D eigenvalue weighted by atomic mass is 15.1. The molecule has 1 fully saturated rings. The van der Waals surface area contributed by atoms with Crippen molar-refractivity contribution in [2.75, 3.05) is 32.4 Å². The van der Waals surface area contributed by atoms with Crippen molar-refractivity contribution in [3.05, 3.63) is 29.8 Å². The monoisotopic (exact) mass is 261 g/mol. The molecule has 1 saturated heterocycles. The maximum absolute atomic E-state index is 5.80. The van der Waals surface area contributed by atoms with Crippen LogP contribution in [0.15, 0.2) is 24.3 Å². The number of rotatable bonds is 5. The molecule has 0 spiro atoms. The smallest absolute Gasteiger partial charge is 0.0317 e. The summed E-state index contributed by atoms with van der Waals surface area (Å²) >= 11 is 0. The van der Waals surface area contributed by atoms with E-state index in [2.05, 4.69) is 37.2 Å². The normalized spacial score (nSPS) is 20.9. The van der Waals surface area contributed by atoms with Gasteiger partial charge in [-0.1, -0.05) is 26.0 Å². The van der Waals surface area contributed by atoms with Crippen LogP contribution in [0, 0.1) is 11.3 Å². The van der Waals surface area contributed by atoms with Crippen molar-refractivity contribution in [2.24, 2.45) is 11.3 Å². The molecule has 1 unspecified atom stereocenters. The van der Waals surface area contributed by atoms with E-state index in [0.717, 1.165) is 24.7 Å². The van der Waals surface area contributed by atoms with Crippen molar-refractivity contribution in [1.82, 2.24) is 10.2 Å². The molecule has 1 atom stereocenters. The number of nitrogens with two attached hydrogens (primary N) is 1. The summed E-state index contributed by atoms with van der Waals surface area (Å²) in [6.45, 7) is 9.18. The van der Waals surface area contributed by atoms with E-state index in [4.69, 9.17) is 5.73 Å². The van der Waals surface area contributed by atoms with Crippen LogP contribution >= 0.6 is 0 Å². The lowest BCUT2D eigenvalue weighted by molar-refractivity contribution is 0.206. The Morgan fingerprint density at radius 2 is 2.21 bits per heavy atom. The number of anilines is 1. The predicted molar refractivity (Wildman–Crippen MR) is 81.9 cm³/mol. The Hall–Kier alpha value is -1.06. The molecule has 1 aromatic rings. The van der Waals surface area contributed by atoms with Crippen molar-refractivity contribution in [3.8, 4) is 0 Å². The molecule has 3 nitrogen and oxygen atoms in total. The lowest BCUT2D eigenvalue weighted by Crippen LogP contribution is -2.36. The van der Waals surface area contributed by atoms with Gasteiger partial charge in [0.15, 0.2) is 0 Å². The number of benzene rings is 1. The minimum Gasteiger partial charge on any atom is -0.399 e. The molecule has 3 heteroatoms. The van der Waals surface area contributed by atoms with Crippen LogP contribution in [0.5, 0.6) is 0 Å². The highest BCUT2D eigenvalue weighted by Gasteiger charge is 2.33. The fraction of sp³-hybridized carbons (Fsp3) is 0.625. The van der Waals surface area contributed by atoms with Crippen LogP contribution in [0.1, 0.15) is 25.8 Å². The summed E-state index contributed by atoms with van der Waals surface area (Å²) in [5.41, 5.74) is 8.26. The van der Waals surface area contributed by atoms with Gasteiger partial charge in [0.1, 0.15) is 0 Å². The quantitative estimate of drug-likeness (QED) is 0.799. The van der Waals surface area contributed by atoms with Crippen molar-refractivity contribution >= 4 is 5.69 Å². The van der Waals surface area contributed by atoms with Gasteiger partial charge in [0.05, 0.1) is 0 Å². The van der Waals surface area contributed by atoms with Gasteiger partial charge in [0.2, 0.25) is 0 Å². The summed E-state index contributed by atoms with van der Waals surface area (Å²) in [7, 11) is 2.22. The second-order valence-corrected chi connectivity index (χ2v) is 6.59. The van der Waals surface area contributed by atoms with Crippen molar-refractivity contribution in [3.63, 3.8) is 0 Å². The van der Waals surface area contributed by atoms with Crippen LogP contribution in [-0.4, -0.2) is 31.6 Å². The van der Waals surface area contributed by atoms with Gasteiger partial charge in [-0.3, -0.25) is 0 Å². The zero-order valence-corrected chi connectivity index (χ0v) is 12.4. The summed E-state index contributed by atoms with van der Waals surface area (Å²) in [5, 5.41) is 3.59. The minimum absolute atomic E-state index is 0.352. The Bertz CT molecular complexity index is 414. The third kappa shape index (κ3) is 3.95. The average molecular weight is 261 g/mol. The van der Waals surface area contributed by atoms with Crippen LogP contribution in [0.3, 0.4) is 0 Å². The molecule has 19 heavy (non-hydrogen) atoms. The van der Waals surface area contributed by atoms with Gasteiger partial charge in [-0.25, -0.2) is 0 Å². The lowest BCUT2D eigenvalue weighted by Gasteiger charge is -2.32. The van der Waals surface area contributed by atoms with E-state index < -0.39 is 0 Å². The van der Waals surface area contributed by atoms with Gasteiger partial charge in [0.25, 0.3) is 0 Å². The Labute approximate surface area is 117 Å². The molecule has 1 aliphatic heterocycles. The molecule has 2 rings (SSSR count). The molecule has 0 amide bonds. The van der Waals surface area contributed by atoms with Gasteiger partial charge < -0.3 is 16.0 Å². The standard InChI is InChI=1S/C16H27N3/c1-16(2,14-7-8-19(3)11-14)12-18-10-13-5-4-6-15(17)9-13/h4-6,9,14,18H,7-8,10-12,17H2,1-3H3. The predicted octanol–water partition coefficient (Wildman–Crippen LogP) is 2.34. The van der Waals surface area contributed by atoms with Gasteiger partial charge in [-0.05, 0) is 49.0 Å². The van der Waals surface area contributed by atoms with E-state index in [-0.39, 0.29) is 0 Å². The minimum atomic E-state index is 0.352. The zero-order chi connectivity index (χ0) is 13.9. The molecule has 1 aliphatic rings. The van der Waals surface area contributed by atoms with Crippen LogP contribution in [0.4, 0.5) is 5.69 Å². The average Bonchev–Trinajstić information content (AvgIpc) is 2.76. The lowest BCUT2D eigenvalue weighted by atomic mass is 9.78. The van der Waals surface area contributed by atoms with Gasteiger partial charge >= 0.3 is 0 Å². The summed E-state index contributed by atoms with van der Waals surface area (Å²) < 4.78 is 0. The molecule has 0 bridgehead atoms. The van der Waals surface area contributed by atoms with E-state index in [0.29, 0.717) is 5.41 Å². The first kappa shape index (κ1) is 14.4. The Morgan fingerprint density at radius 3 is 2.84 bits per heavy atom. The van der Waals surface area contributed by atoms with Crippen LogP contribution in [0.2, 0.25) is 0 Å². The maximum Gasteiger partial charge on any atom is 0.0317 e. The third-order valence-electron chi connectivity index (χ3n) is 4.36. The van der Waals surface area contributed by atoms with E-state index in [1.54, 1.807) is 0 Å². The van der Waals surface area contributed by atoms with Crippen LogP contribution in [0.25, 0.3) is 0 Å². The summed E-state index contributed by atoms with van der Waals surface area (Å²) in [4.78, 5) is 2.43. The van der Waals surface area contributed by atoms with Gasteiger partial charge in [-0.15, -0.1) is 0 Å². The highest BCUT2D eigenvalue weighted by Crippen LogP contribution is 2.33. The number of nitrogens with zero attached hydrogens (tertiary/aromatic N) is 1. The topological polar surface area (TPSA) is 41.3 Å². The van der Waals surface area contributed by atoms with Crippen molar-refractivity contribution < 1.29 is 0 Å². The molecule has 1 aromatic carbocycles. The number of hydrogen-bond donors (Lipinski definition) is 2. The summed E-state index contributed by atoms with van der Waals surface area (Å²) in [5.74, 6) is 0.797. The second-order valence-electron chi connectivity index (χ2n) is 6.59. The van der Waals surface area contributed by atoms with Crippen molar-refractivity contribution in [2.45, 2.75) is 26.8 Å². The largest absolute Gasteiger partial charge is 0.399 e. The van der Waals surface area contributed by atoms with E-state index in [1.807, 2.05) is 18.2 Å². The first-order valence-electron chi connectivity index (χ1n) is 7.21. The van der Waals surface area contributed by atoms with Crippen LogP contribution < -0.4 is 11.1 Å². The van der Waals surface area contributed by atoms with E-state index in [1.165, 1.54) is 25.1 Å². The second kappa shape index (κ2) is 5.93. The number of nitrogen functional groups attached to an aromatic ring is 1. The Balaban J connectivity index is 1.81. The molecule has 0 radical (unpaired) electrons. The summed E-state index contributed by atoms with van der Waals surface area (Å²) in [6.07, 6.45) is 1.32. The zero-order valence-electron chi connectivity index (χ0n) is 12.4. The molecular formula is C16H27N3. The first-order valence-corrected chi connectivity index (χ1v) is 7.21. The molecule has 1 heterocycles. The van der Waals surface area contributed by atoms with Crippen LogP contribution in [-0.2, 0) is 6.54 Å². The highest BCUT2D eigenvalue weighted by molar-refractivity contribution is 5.40. The Kier molecular flexibility index (Phi) is 4.48. The van der Waals surface area contributed by atoms with E-state index >= 15 is 0 Å². The number of nitrogens with one attached hydrogen (secondary N) is 1. The Morgan fingerprint density at radius 1 is 1.42 bits per heavy atom. The molecular weight excluding hydrogens is 234 g/mol. The first-order chi connectivity index (χ1) is 8.97. The summed E-state index contributed by atoms with van der Waals surface area (Å²) in [6, 6.07) is 8.12. The molecule has 3 N–H and O–H groups in total. The number of hydrogen-bond acceptors (Lipinski definition) is 3. The van der Waals surface area contributed by atoms with Gasteiger partial charge in [0, 0.05) is 25.3 Å². The fourth-order valence-corrected chi connectivity index (χ4v) is 2.95.